The minimum Gasteiger partial charge on any atom is -0.342 e. The van der Waals surface area contributed by atoms with Crippen molar-refractivity contribution in [2.45, 2.75) is 6.92 Å². The van der Waals surface area contributed by atoms with E-state index in [4.69, 9.17) is 0 Å². The molecular weight excluding hydrogens is 398 g/mol. The minimum absolute atomic E-state index is 0.160. The molecule has 1 aromatic heterocycles. The van der Waals surface area contributed by atoms with Crippen LogP contribution < -0.4 is 5.32 Å². The van der Waals surface area contributed by atoms with E-state index in [2.05, 4.69) is 47.1 Å². The Labute approximate surface area is 138 Å². The number of amides is 1. The lowest BCUT2D eigenvalue weighted by Crippen LogP contribution is -2.11. The highest BCUT2D eigenvalue weighted by atomic mass is 79.9. The normalized spacial score (nSPS) is 10.8. The van der Waals surface area contributed by atoms with Crippen LogP contribution in [0.25, 0.3) is 11.0 Å². The van der Waals surface area contributed by atoms with Crippen LogP contribution in [0.4, 0.5) is 5.69 Å². The lowest BCUT2D eigenvalue weighted by Gasteiger charge is -2.06. The Bertz CT molecular complexity index is 822. The molecule has 0 saturated carbocycles. The van der Waals surface area contributed by atoms with E-state index in [0.29, 0.717) is 5.56 Å². The monoisotopic (exact) mass is 407 g/mol. The van der Waals surface area contributed by atoms with Crippen LogP contribution in [0.15, 0.2) is 45.3 Å². The van der Waals surface area contributed by atoms with Gasteiger partial charge in [0.1, 0.15) is 5.82 Å². The molecule has 0 saturated heterocycles. The first-order valence-corrected chi connectivity index (χ1v) is 7.84. The highest BCUT2D eigenvalue weighted by Crippen LogP contribution is 2.22. The molecule has 106 valence electrons. The van der Waals surface area contributed by atoms with Crippen LogP contribution >= 0.6 is 31.9 Å². The largest absolute Gasteiger partial charge is 0.342 e. The number of H-pyrrole nitrogens is 1. The molecule has 0 aliphatic carbocycles. The first-order valence-electron chi connectivity index (χ1n) is 6.25. The average molecular weight is 409 g/mol. The van der Waals surface area contributed by atoms with Gasteiger partial charge >= 0.3 is 0 Å². The summed E-state index contributed by atoms with van der Waals surface area (Å²) in [6.07, 6.45) is 0. The number of imidazole rings is 1. The molecule has 4 nitrogen and oxygen atoms in total. The zero-order valence-corrected chi connectivity index (χ0v) is 14.2. The summed E-state index contributed by atoms with van der Waals surface area (Å²) in [5.74, 6) is 0.692. The molecule has 0 aliphatic heterocycles. The Hall–Kier alpha value is -1.66. The number of nitrogens with one attached hydrogen (secondary N) is 2. The maximum atomic E-state index is 12.3. The number of rotatable bonds is 2. The quantitative estimate of drug-likeness (QED) is 0.648. The van der Waals surface area contributed by atoms with Crippen LogP contribution in [0.2, 0.25) is 0 Å². The number of aromatic nitrogens is 2. The fourth-order valence-corrected chi connectivity index (χ4v) is 3.40. The molecule has 2 aromatic carbocycles. The molecule has 2 N–H and O–H groups in total. The highest BCUT2D eigenvalue weighted by molar-refractivity contribution is 9.11. The predicted octanol–water partition coefficient (Wildman–Crippen LogP) is 4.65. The third kappa shape index (κ3) is 3.16. The second kappa shape index (κ2) is 5.61. The van der Waals surface area contributed by atoms with Gasteiger partial charge in [-0.2, -0.15) is 0 Å². The standard InChI is InChI=1S/C15H11Br2N3O/c1-8-18-13-3-2-12(7-14(13)19-8)20-15(21)9-4-10(16)6-11(17)5-9/h2-7H,1H3,(H,18,19)(H,20,21). The summed E-state index contributed by atoms with van der Waals surface area (Å²) in [5.41, 5.74) is 3.10. The molecule has 0 atom stereocenters. The van der Waals surface area contributed by atoms with Crippen LogP contribution in [0.3, 0.4) is 0 Å². The van der Waals surface area contributed by atoms with E-state index in [1.54, 1.807) is 12.1 Å². The molecule has 0 radical (unpaired) electrons. The molecule has 6 heteroatoms. The van der Waals surface area contributed by atoms with E-state index < -0.39 is 0 Å². The maximum Gasteiger partial charge on any atom is 0.255 e. The molecule has 3 aromatic rings. The van der Waals surface area contributed by atoms with Crippen LogP contribution in [0, 0.1) is 6.92 Å². The van der Waals surface area contributed by atoms with Gasteiger partial charge in [0.2, 0.25) is 0 Å². The molecule has 0 fully saturated rings. The zero-order chi connectivity index (χ0) is 15.0. The van der Waals surface area contributed by atoms with Gasteiger partial charge < -0.3 is 10.3 Å². The summed E-state index contributed by atoms with van der Waals surface area (Å²) >= 11 is 6.76. The Kier molecular flexibility index (Phi) is 3.82. The Morgan fingerprint density at radius 1 is 1.14 bits per heavy atom. The Morgan fingerprint density at radius 2 is 1.86 bits per heavy atom. The van der Waals surface area contributed by atoms with Crippen molar-refractivity contribution in [2.24, 2.45) is 0 Å². The molecule has 0 bridgehead atoms. The second-order valence-electron chi connectivity index (χ2n) is 4.67. The van der Waals surface area contributed by atoms with Crippen LogP contribution in [-0.2, 0) is 0 Å². The van der Waals surface area contributed by atoms with Crippen LogP contribution in [0.1, 0.15) is 16.2 Å². The Balaban J connectivity index is 1.88. The van der Waals surface area contributed by atoms with E-state index >= 15 is 0 Å². The lowest BCUT2D eigenvalue weighted by molar-refractivity contribution is 0.102. The van der Waals surface area contributed by atoms with Gasteiger partial charge in [0.15, 0.2) is 0 Å². The molecule has 0 spiro atoms. The van der Waals surface area contributed by atoms with Crippen molar-refractivity contribution in [3.63, 3.8) is 0 Å². The molecular formula is C15H11Br2N3O. The summed E-state index contributed by atoms with van der Waals surface area (Å²) in [7, 11) is 0. The second-order valence-corrected chi connectivity index (χ2v) is 6.50. The topological polar surface area (TPSA) is 57.8 Å². The predicted molar refractivity (Wildman–Crippen MR) is 90.6 cm³/mol. The number of aromatic amines is 1. The number of carbonyl (C=O) groups is 1. The molecule has 3 rings (SSSR count). The summed E-state index contributed by atoms with van der Waals surface area (Å²) in [6.45, 7) is 1.90. The molecule has 1 amide bonds. The van der Waals surface area contributed by atoms with E-state index in [9.17, 15) is 4.79 Å². The molecule has 1 heterocycles. The molecule has 21 heavy (non-hydrogen) atoms. The zero-order valence-electron chi connectivity index (χ0n) is 11.1. The van der Waals surface area contributed by atoms with Gasteiger partial charge in [0.25, 0.3) is 5.91 Å². The smallest absolute Gasteiger partial charge is 0.255 e. The van der Waals surface area contributed by atoms with Crippen molar-refractivity contribution in [1.29, 1.82) is 0 Å². The fraction of sp³-hybridized carbons (Fsp3) is 0.0667. The van der Waals surface area contributed by atoms with Gasteiger partial charge in [0.05, 0.1) is 11.0 Å². The molecule has 0 unspecified atom stereocenters. The number of anilines is 1. The van der Waals surface area contributed by atoms with E-state index in [1.165, 1.54) is 0 Å². The van der Waals surface area contributed by atoms with Crippen molar-refractivity contribution >= 4 is 54.5 Å². The number of carbonyl (C=O) groups excluding carboxylic acids is 1. The average Bonchev–Trinajstić information content (AvgIpc) is 2.77. The highest BCUT2D eigenvalue weighted by Gasteiger charge is 2.09. The number of fused-ring (bicyclic) bond motifs is 1. The SMILES string of the molecule is Cc1nc2ccc(NC(=O)c3cc(Br)cc(Br)c3)cc2[nH]1. The van der Waals surface area contributed by atoms with Crippen LogP contribution in [-0.4, -0.2) is 15.9 Å². The summed E-state index contributed by atoms with van der Waals surface area (Å²) in [5, 5.41) is 2.89. The van der Waals surface area contributed by atoms with Gasteiger partial charge in [-0.15, -0.1) is 0 Å². The number of halogens is 2. The van der Waals surface area contributed by atoms with Gasteiger partial charge in [-0.25, -0.2) is 4.98 Å². The first kappa shape index (κ1) is 14.3. The maximum absolute atomic E-state index is 12.3. The van der Waals surface area contributed by atoms with Gasteiger partial charge in [-0.1, -0.05) is 31.9 Å². The summed E-state index contributed by atoms with van der Waals surface area (Å²) in [6, 6.07) is 11.0. The van der Waals surface area contributed by atoms with Crippen molar-refractivity contribution < 1.29 is 4.79 Å². The van der Waals surface area contributed by atoms with E-state index in [0.717, 1.165) is 31.5 Å². The number of nitrogens with zero attached hydrogens (tertiary/aromatic N) is 1. The number of hydrogen-bond donors (Lipinski definition) is 2. The van der Waals surface area contributed by atoms with Gasteiger partial charge in [-0.05, 0) is 43.3 Å². The third-order valence-electron chi connectivity index (χ3n) is 2.98. The van der Waals surface area contributed by atoms with Gasteiger partial charge in [-0.3, -0.25) is 4.79 Å². The van der Waals surface area contributed by atoms with Crippen molar-refractivity contribution in [1.82, 2.24) is 9.97 Å². The third-order valence-corrected chi connectivity index (χ3v) is 3.90. The number of hydrogen-bond acceptors (Lipinski definition) is 2. The number of benzene rings is 2. The number of aryl methyl sites for hydroxylation is 1. The van der Waals surface area contributed by atoms with Gasteiger partial charge in [0, 0.05) is 20.2 Å². The van der Waals surface area contributed by atoms with Crippen LogP contribution in [0.5, 0.6) is 0 Å². The van der Waals surface area contributed by atoms with Crippen molar-refractivity contribution in [2.75, 3.05) is 5.32 Å². The summed E-state index contributed by atoms with van der Waals surface area (Å²) < 4.78 is 1.70. The Morgan fingerprint density at radius 3 is 2.57 bits per heavy atom. The van der Waals surface area contributed by atoms with E-state index in [1.807, 2.05) is 31.2 Å². The lowest BCUT2D eigenvalue weighted by atomic mass is 10.2. The summed E-state index contributed by atoms with van der Waals surface area (Å²) in [4.78, 5) is 19.8. The molecule has 0 aliphatic rings. The minimum atomic E-state index is -0.160. The first-order chi connectivity index (χ1) is 10.0. The fourth-order valence-electron chi connectivity index (χ4n) is 2.10. The van der Waals surface area contributed by atoms with Crippen molar-refractivity contribution in [3.8, 4) is 0 Å². The van der Waals surface area contributed by atoms with Crippen molar-refractivity contribution in [3.05, 3.63) is 56.7 Å². The van der Waals surface area contributed by atoms with E-state index in [-0.39, 0.29) is 5.91 Å².